The molecule has 4 rings (SSSR count). The molecule has 0 bridgehead atoms. The Hall–Kier alpha value is -1.91. The molecule has 2 aliphatic rings. The molecule has 1 saturated heterocycles. The van der Waals surface area contributed by atoms with Gasteiger partial charge in [0.1, 0.15) is 18.0 Å². The molecular weight excluding hydrogens is 262 g/mol. The van der Waals surface area contributed by atoms with Crippen molar-refractivity contribution >= 4 is 5.82 Å². The van der Waals surface area contributed by atoms with Gasteiger partial charge in [0.05, 0.1) is 0 Å². The fraction of sp³-hybridized carbons (Fsp3) is 0.562. The number of aromatic nitrogens is 4. The number of nitrogens with zero attached hydrogens (tertiary/aromatic N) is 5. The van der Waals surface area contributed by atoms with Crippen LogP contribution in [0.1, 0.15) is 37.4 Å². The number of fused-ring (bicyclic) bond motifs is 1. The summed E-state index contributed by atoms with van der Waals surface area (Å²) in [6, 6.07) is 6.15. The number of aryl methyl sites for hydroxylation is 1. The van der Waals surface area contributed by atoms with Crippen LogP contribution in [0, 0.1) is 5.92 Å². The van der Waals surface area contributed by atoms with Crippen molar-refractivity contribution < 1.29 is 0 Å². The summed E-state index contributed by atoms with van der Waals surface area (Å²) in [7, 11) is 0. The molecule has 1 fully saturated rings. The molecule has 2 aromatic heterocycles. The molecule has 0 N–H and O–H groups in total. The molecular formula is C16H21N5. The lowest BCUT2D eigenvalue weighted by Gasteiger charge is -2.37. The number of hydrogen-bond acceptors (Lipinski definition) is 4. The van der Waals surface area contributed by atoms with Crippen LogP contribution in [0.4, 0.5) is 5.82 Å². The van der Waals surface area contributed by atoms with E-state index < -0.39 is 0 Å². The number of hydrogen-bond donors (Lipinski definition) is 0. The van der Waals surface area contributed by atoms with Crippen LogP contribution in [0.25, 0.3) is 0 Å². The Balaban J connectivity index is 1.45. The summed E-state index contributed by atoms with van der Waals surface area (Å²) in [5.74, 6) is 3.68. The van der Waals surface area contributed by atoms with E-state index in [0.717, 1.165) is 31.4 Å². The number of pyridine rings is 1. The monoisotopic (exact) mass is 283 g/mol. The van der Waals surface area contributed by atoms with Crippen molar-refractivity contribution in [2.75, 3.05) is 18.0 Å². The number of anilines is 1. The maximum absolute atomic E-state index is 4.47. The van der Waals surface area contributed by atoms with Crippen molar-refractivity contribution in [2.45, 2.75) is 38.1 Å². The lowest BCUT2D eigenvalue weighted by Crippen LogP contribution is -2.37. The summed E-state index contributed by atoms with van der Waals surface area (Å²) in [5.41, 5.74) is 0. The van der Waals surface area contributed by atoms with Gasteiger partial charge >= 0.3 is 0 Å². The summed E-state index contributed by atoms with van der Waals surface area (Å²) in [5, 5.41) is 8.48. The van der Waals surface area contributed by atoms with Crippen LogP contribution in [-0.2, 0) is 6.54 Å². The van der Waals surface area contributed by atoms with Crippen molar-refractivity contribution in [3.63, 3.8) is 0 Å². The van der Waals surface area contributed by atoms with Crippen LogP contribution in [0.15, 0.2) is 30.7 Å². The Morgan fingerprint density at radius 2 is 1.95 bits per heavy atom. The van der Waals surface area contributed by atoms with E-state index in [0.29, 0.717) is 5.92 Å². The number of rotatable bonds is 2. The molecule has 0 saturated carbocycles. The molecule has 1 unspecified atom stereocenters. The van der Waals surface area contributed by atoms with E-state index in [9.17, 15) is 0 Å². The Morgan fingerprint density at radius 1 is 1.05 bits per heavy atom. The van der Waals surface area contributed by atoms with Crippen molar-refractivity contribution in [3.8, 4) is 0 Å². The molecule has 0 aromatic carbocycles. The SMILES string of the molecule is c1ccc(N2CCC(C3CCCn4cnnc43)CC2)nc1. The first-order valence-corrected chi connectivity index (χ1v) is 7.95. The number of piperidine rings is 1. The fourth-order valence-corrected chi connectivity index (χ4v) is 3.85. The maximum Gasteiger partial charge on any atom is 0.136 e. The summed E-state index contributed by atoms with van der Waals surface area (Å²) in [6.45, 7) is 3.30. The Kier molecular flexibility index (Phi) is 3.33. The van der Waals surface area contributed by atoms with Crippen molar-refractivity contribution in [1.29, 1.82) is 0 Å². The highest BCUT2D eigenvalue weighted by Crippen LogP contribution is 2.38. The summed E-state index contributed by atoms with van der Waals surface area (Å²) in [4.78, 5) is 6.87. The predicted molar refractivity (Wildman–Crippen MR) is 81.2 cm³/mol. The van der Waals surface area contributed by atoms with Crippen LogP contribution >= 0.6 is 0 Å². The molecule has 4 heterocycles. The lowest BCUT2D eigenvalue weighted by atomic mass is 9.80. The second-order valence-electron chi connectivity index (χ2n) is 6.14. The highest BCUT2D eigenvalue weighted by Gasteiger charge is 2.32. The predicted octanol–water partition coefficient (Wildman–Crippen LogP) is 2.47. The van der Waals surface area contributed by atoms with Crippen molar-refractivity contribution in [2.24, 2.45) is 5.92 Å². The van der Waals surface area contributed by atoms with Gasteiger partial charge in [-0.1, -0.05) is 6.07 Å². The Bertz CT molecular complexity index is 586. The molecule has 21 heavy (non-hydrogen) atoms. The highest BCUT2D eigenvalue weighted by atomic mass is 15.3. The van der Waals surface area contributed by atoms with E-state index >= 15 is 0 Å². The van der Waals surface area contributed by atoms with E-state index in [1.165, 1.54) is 31.5 Å². The van der Waals surface area contributed by atoms with Gasteiger partial charge in [-0.3, -0.25) is 0 Å². The largest absolute Gasteiger partial charge is 0.357 e. The molecule has 1 atom stereocenters. The average molecular weight is 283 g/mol. The van der Waals surface area contributed by atoms with Crippen molar-refractivity contribution in [1.82, 2.24) is 19.7 Å². The van der Waals surface area contributed by atoms with Gasteiger partial charge in [-0.2, -0.15) is 0 Å². The Morgan fingerprint density at radius 3 is 2.76 bits per heavy atom. The van der Waals surface area contributed by atoms with E-state index in [-0.39, 0.29) is 0 Å². The quantitative estimate of drug-likeness (QED) is 0.849. The van der Waals surface area contributed by atoms with E-state index in [4.69, 9.17) is 0 Å². The van der Waals surface area contributed by atoms with Crippen LogP contribution in [0.3, 0.4) is 0 Å². The first-order valence-electron chi connectivity index (χ1n) is 7.95. The fourth-order valence-electron chi connectivity index (χ4n) is 3.85. The second-order valence-corrected chi connectivity index (χ2v) is 6.14. The van der Waals surface area contributed by atoms with Gasteiger partial charge in [-0.25, -0.2) is 4.98 Å². The maximum atomic E-state index is 4.47. The van der Waals surface area contributed by atoms with Crippen LogP contribution < -0.4 is 4.90 Å². The molecule has 5 heteroatoms. The molecule has 2 aromatic rings. The third kappa shape index (κ3) is 2.41. The molecule has 0 aliphatic carbocycles. The normalized spacial score (nSPS) is 23.0. The van der Waals surface area contributed by atoms with Crippen LogP contribution in [0.2, 0.25) is 0 Å². The van der Waals surface area contributed by atoms with E-state index in [1.807, 2.05) is 18.6 Å². The molecule has 2 aliphatic heterocycles. The smallest absolute Gasteiger partial charge is 0.136 e. The minimum Gasteiger partial charge on any atom is -0.357 e. The summed E-state index contributed by atoms with van der Waals surface area (Å²) in [6.07, 6.45) is 8.76. The van der Waals surface area contributed by atoms with Gasteiger partial charge in [-0.15, -0.1) is 10.2 Å². The van der Waals surface area contributed by atoms with Crippen molar-refractivity contribution in [3.05, 3.63) is 36.5 Å². The average Bonchev–Trinajstić information content (AvgIpc) is 3.04. The van der Waals surface area contributed by atoms with Gasteiger partial charge < -0.3 is 9.47 Å². The zero-order valence-electron chi connectivity index (χ0n) is 12.2. The van der Waals surface area contributed by atoms with Gasteiger partial charge in [0, 0.05) is 31.7 Å². The lowest BCUT2D eigenvalue weighted by molar-refractivity contribution is 0.283. The zero-order chi connectivity index (χ0) is 14.1. The molecule has 5 nitrogen and oxygen atoms in total. The molecule has 110 valence electrons. The van der Waals surface area contributed by atoms with Gasteiger partial charge in [0.15, 0.2) is 0 Å². The van der Waals surface area contributed by atoms with Gasteiger partial charge in [-0.05, 0) is 43.7 Å². The minimum absolute atomic E-state index is 0.604. The molecule has 0 amide bonds. The molecule has 0 spiro atoms. The third-order valence-electron chi connectivity index (χ3n) is 4.97. The zero-order valence-corrected chi connectivity index (χ0v) is 12.2. The topological polar surface area (TPSA) is 46.8 Å². The summed E-state index contributed by atoms with van der Waals surface area (Å²) < 4.78 is 2.25. The standard InChI is InChI=1S/C16H21N5/c1-2-8-17-15(5-1)20-10-6-13(7-11-20)14-4-3-9-21-12-18-19-16(14)21/h1-2,5,8,12-14H,3-4,6-7,9-11H2. The Labute approximate surface area is 125 Å². The second kappa shape index (κ2) is 5.47. The minimum atomic E-state index is 0.604. The van der Waals surface area contributed by atoms with E-state index in [1.54, 1.807) is 0 Å². The van der Waals surface area contributed by atoms with Gasteiger partial charge in [0.25, 0.3) is 0 Å². The molecule has 0 radical (unpaired) electrons. The third-order valence-corrected chi connectivity index (χ3v) is 4.97. The highest BCUT2D eigenvalue weighted by molar-refractivity contribution is 5.38. The van der Waals surface area contributed by atoms with Crippen LogP contribution in [0.5, 0.6) is 0 Å². The summed E-state index contributed by atoms with van der Waals surface area (Å²) >= 11 is 0. The van der Waals surface area contributed by atoms with Crippen LogP contribution in [-0.4, -0.2) is 32.8 Å². The van der Waals surface area contributed by atoms with Gasteiger partial charge in [0.2, 0.25) is 0 Å². The first kappa shape index (κ1) is 12.8. The first-order chi connectivity index (χ1) is 10.4. The van der Waals surface area contributed by atoms with E-state index in [2.05, 4.69) is 36.8 Å².